The summed E-state index contributed by atoms with van der Waals surface area (Å²) in [6, 6.07) is 15.2. The van der Waals surface area contributed by atoms with Crippen LogP contribution in [-0.2, 0) is 10.2 Å². The molecule has 0 aliphatic heterocycles. The second-order valence-corrected chi connectivity index (χ2v) is 7.02. The molecule has 0 spiro atoms. The maximum Gasteiger partial charge on any atom is 0.277 e. The van der Waals surface area contributed by atoms with E-state index < -0.39 is 0 Å². The first-order valence-corrected chi connectivity index (χ1v) is 8.50. The molecule has 0 radical (unpaired) electrons. The summed E-state index contributed by atoms with van der Waals surface area (Å²) in [7, 11) is 1.60. The molecule has 1 amide bonds. The Labute approximate surface area is 155 Å². The van der Waals surface area contributed by atoms with E-state index in [2.05, 4.69) is 43.4 Å². The Balaban J connectivity index is 1.88. The first-order chi connectivity index (χ1) is 12.3. The topological polar surface area (TPSA) is 59.9 Å². The smallest absolute Gasteiger partial charge is 0.277 e. The Hall–Kier alpha value is -2.82. The molecule has 0 aromatic heterocycles. The van der Waals surface area contributed by atoms with Crippen LogP contribution in [0.1, 0.15) is 38.8 Å². The molecule has 138 valence electrons. The minimum atomic E-state index is -0.313. The Morgan fingerprint density at radius 3 is 2.12 bits per heavy atom. The van der Waals surface area contributed by atoms with Crippen molar-refractivity contribution < 1.29 is 14.3 Å². The molecule has 26 heavy (non-hydrogen) atoms. The number of ether oxygens (including phenoxy) is 2. The average molecular weight is 354 g/mol. The second-order valence-electron chi connectivity index (χ2n) is 7.02. The summed E-state index contributed by atoms with van der Waals surface area (Å²) in [5, 5.41) is 4.14. The average Bonchev–Trinajstić information content (AvgIpc) is 2.64. The fourth-order valence-electron chi connectivity index (χ4n) is 2.28. The van der Waals surface area contributed by atoms with Crippen LogP contribution in [0.15, 0.2) is 53.6 Å². The predicted octanol–water partition coefficient (Wildman–Crippen LogP) is 3.91. The number of nitrogens with one attached hydrogen (secondary N) is 1. The largest absolute Gasteiger partial charge is 0.497 e. The van der Waals surface area contributed by atoms with E-state index in [9.17, 15) is 4.79 Å². The molecule has 0 fully saturated rings. The molecule has 0 atom stereocenters. The molecular formula is C21H26N2O3. The maximum absolute atomic E-state index is 11.9. The van der Waals surface area contributed by atoms with Crippen LogP contribution >= 0.6 is 0 Å². The first-order valence-electron chi connectivity index (χ1n) is 8.50. The highest BCUT2D eigenvalue weighted by atomic mass is 16.5. The fourth-order valence-corrected chi connectivity index (χ4v) is 2.28. The fraction of sp³-hybridized carbons (Fsp3) is 0.333. The lowest BCUT2D eigenvalue weighted by Gasteiger charge is -2.19. The van der Waals surface area contributed by atoms with Gasteiger partial charge >= 0.3 is 0 Å². The van der Waals surface area contributed by atoms with E-state index in [0.29, 0.717) is 5.75 Å². The lowest BCUT2D eigenvalue weighted by molar-refractivity contribution is -0.123. The summed E-state index contributed by atoms with van der Waals surface area (Å²) < 4.78 is 10.5. The van der Waals surface area contributed by atoms with Gasteiger partial charge in [-0.3, -0.25) is 4.79 Å². The van der Waals surface area contributed by atoms with Gasteiger partial charge in [-0.05, 0) is 47.7 Å². The minimum absolute atomic E-state index is 0.105. The van der Waals surface area contributed by atoms with Gasteiger partial charge in [0.05, 0.1) is 12.8 Å². The maximum atomic E-state index is 11.9. The van der Waals surface area contributed by atoms with Gasteiger partial charge in [-0.25, -0.2) is 5.43 Å². The van der Waals surface area contributed by atoms with E-state index in [0.717, 1.165) is 17.0 Å². The van der Waals surface area contributed by atoms with Crippen LogP contribution in [0, 0.1) is 0 Å². The van der Waals surface area contributed by atoms with Crippen molar-refractivity contribution in [3.05, 3.63) is 59.7 Å². The van der Waals surface area contributed by atoms with Gasteiger partial charge < -0.3 is 9.47 Å². The van der Waals surface area contributed by atoms with Gasteiger partial charge in [-0.1, -0.05) is 45.0 Å². The summed E-state index contributed by atoms with van der Waals surface area (Å²) in [4.78, 5) is 11.9. The molecule has 0 aliphatic rings. The van der Waals surface area contributed by atoms with E-state index in [1.807, 2.05) is 19.1 Å². The third kappa shape index (κ3) is 5.62. The third-order valence-corrected chi connectivity index (χ3v) is 3.95. The van der Waals surface area contributed by atoms with E-state index >= 15 is 0 Å². The van der Waals surface area contributed by atoms with Gasteiger partial charge in [-0.15, -0.1) is 0 Å². The van der Waals surface area contributed by atoms with Crippen LogP contribution < -0.4 is 14.9 Å². The summed E-state index contributed by atoms with van der Waals surface area (Å²) >= 11 is 0. The van der Waals surface area contributed by atoms with Crippen molar-refractivity contribution in [2.75, 3.05) is 13.7 Å². The van der Waals surface area contributed by atoms with E-state index in [-0.39, 0.29) is 17.9 Å². The van der Waals surface area contributed by atoms with E-state index in [1.165, 1.54) is 5.56 Å². The number of nitrogens with zero attached hydrogens (tertiary/aromatic N) is 1. The zero-order valence-electron chi connectivity index (χ0n) is 16.0. The van der Waals surface area contributed by atoms with Crippen molar-refractivity contribution in [1.82, 2.24) is 5.43 Å². The van der Waals surface area contributed by atoms with Crippen molar-refractivity contribution >= 4 is 11.6 Å². The molecular weight excluding hydrogens is 328 g/mol. The lowest BCUT2D eigenvalue weighted by Crippen LogP contribution is -2.25. The highest BCUT2D eigenvalue weighted by Crippen LogP contribution is 2.22. The Morgan fingerprint density at radius 1 is 1.00 bits per heavy atom. The standard InChI is InChI=1S/C21H26N2O3/c1-15(16-6-8-17(9-7-16)21(2,3)4)22-23-20(24)14-26-19-12-10-18(25-5)11-13-19/h6-13H,14H2,1-5H3,(H,23,24)/b22-15-. The van der Waals surface area contributed by atoms with Gasteiger partial charge in [0.25, 0.3) is 5.91 Å². The SMILES string of the molecule is COc1ccc(OCC(=O)N/N=C(/C)c2ccc(C(C)(C)C)cc2)cc1. The Morgan fingerprint density at radius 2 is 1.58 bits per heavy atom. The summed E-state index contributed by atoms with van der Waals surface area (Å²) in [5.41, 5.74) is 5.59. The normalized spacial score (nSPS) is 11.8. The minimum Gasteiger partial charge on any atom is -0.497 e. The molecule has 2 aromatic rings. The van der Waals surface area contributed by atoms with Crippen LogP contribution in [0.2, 0.25) is 0 Å². The molecule has 2 aromatic carbocycles. The van der Waals surface area contributed by atoms with Gasteiger partial charge in [0.15, 0.2) is 6.61 Å². The quantitative estimate of drug-likeness (QED) is 0.632. The molecule has 0 aliphatic carbocycles. The Kier molecular flexibility index (Phi) is 6.39. The van der Waals surface area contributed by atoms with Crippen molar-refractivity contribution in [3.63, 3.8) is 0 Å². The lowest BCUT2D eigenvalue weighted by atomic mass is 9.86. The van der Waals surface area contributed by atoms with Crippen molar-refractivity contribution in [1.29, 1.82) is 0 Å². The zero-order chi connectivity index (χ0) is 19.2. The van der Waals surface area contributed by atoms with Crippen LogP contribution in [0.3, 0.4) is 0 Å². The molecule has 0 bridgehead atoms. The number of rotatable bonds is 6. The molecule has 0 heterocycles. The van der Waals surface area contributed by atoms with E-state index in [4.69, 9.17) is 9.47 Å². The summed E-state index contributed by atoms with van der Waals surface area (Å²) in [6.07, 6.45) is 0. The van der Waals surface area contributed by atoms with Crippen molar-refractivity contribution in [3.8, 4) is 11.5 Å². The van der Waals surface area contributed by atoms with Crippen LogP contribution in [0.4, 0.5) is 0 Å². The van der Waals surface area contributed by atoms with Gasteiger partial charge in [0, 0.05) is 0 Å². The molecule has 1 N–H and O–H groups in total. The molecule has 0 unspecified atom stereocenters. The third-order valence-electron chi connectivity index (χ3n) is 3.95. The van der Waals surface area contributed by atoms with E-state index in [1.54, 1.807) is 31.4 Å². The van der Waals surface area contributed by atoms with Crippen LogP contribution in [0.5, 0.6) is 11.5 Å². The number of benzene rings is 2. The number of hydrogen-bond acceptors (Lipinski definition) is 4. The molecule has 2 rings (SSSR count). The molecule has 0 saturated carbocycles. The molecule has 5 nitrogen and oxygen atoms in total. The van der Waals surface area contributed by atoms with Gasteiger partial charge in [0.2, 0.25) is 0 Å². The monoisotopic (exact) mass is 354 g/mol. The number of methoxy groups -OCH3 is 1. The highest BCUT2D eigenvalue weighted by Gasteiger charge is 2.13. The highest BCUT2D eigenvalue weighted by molar-refractivity contribution is 5.99. The van der Waals surface area contributed by atoms with Crippen molar-refractivity contribution in [2.45, 2.75) is 33.1 Å². The summed E-state index contributed by atoms with van der Waals surface area (Å²) in [5.74, 6) is 1.02. The number of amides is 1. The number of hydrogen-bond donors (Lipinski definition) is 1. The number of carbonyl (C=O) groups excluding carboxylic acids is 1. The Bertz CT molecular complexity index is 757. The molecule has 0 saturated heterocycles. The zero-order valence-corrected chi connectivity index (χ0v) is 16.0. The predicted molar refractivity (Wildman–Crippen MR) is 104 cm³/mol. The second kappa shape index (κ2) is 8.52. The molecule has 5 heteroatoms. The van der Waals surface area contributed by atoms with Crippen LogP contribution in [-0.4, -0.2) is 25.3 Å². The number of hydrazone groups is 1. The van der Waals surface area contributed by atoms with Gasteiger partial charge in [-0.2, -0.15) is 5.10 Å². The van der Waals surface area contributed by atoms with Crippen molar-refractivity contribution in [2.24, 2.45) is 5.10 Å². The number of carbonyl (C=O) groups is 1. The first kappa shape index (κ1) is 19.5. The van der Waals surface area contributed by atoms with Gasteiger partial charge in [0.1, 0.15) is 11.5 Å². The van der Waals surface area contributed by atoms with Crippen LogP contribution in [0.25, 0.3) is 0 Å². The summed E-state index contributed by atoms with van der Waals surface area (Å²) in [6.45, 7) is 8.27.